The second-order valence-electron chi connectivity index (χ2n) is 3.89. The van der Waals surface area contributed by atoms with Crippen LogP contribution in [0.15, 0.2) is 33.5 Å². The highest BCUT2D eigenvalue weighted by atomic mass is 32.2. The number of carboxylic acids is 1. The Bertz CT molecular complexity index is 669. The van der Waals surface area contributed by atoms with Crippen LogP contribution in [-0.2, 0) is 11.2 Å². The Morgan fingerprint density at radius 3 is 2.85 bits per heavy atom. The topological polar surface area (TPSA) is 93.3 Å². The van der Waals surface area contributed by atoms with E-state index in [4.69, 9.17) is 5.11 Å². The molecule has 0 fully saturated rings. The summed E-state index contributed by atoms with van der Waals surface area (Å²) >= 11 is 2.43. The van der Waals surface area contributed by atoms with Gasteiger partial charge in [0.25, 0.3) is 5.69 Å². The Morgan fingerprint density at radius 2 is 2.20 bits per heavy atom. The van der Waals surface area contributed by atoms with E-state index in [9.17, 15) is 14.9 Å². The highest BCUT2D eigenvalue weighted by molar-refractivity contribution is 8.01. The number of thiazole rings is 1. The van der Waals surface area contributed by atoms with Gasteiger partial charge in [-0.15, -0.1) is 11.3 Å². The Labute approximate surface area is 122 Å². The number of aliphatic carboxylic acids is 1. The van der Waals surface area contributed by atoms with Gasteiger partial charge in [0.15, 0.2) is 4.34 Å². The van der Waals surface area contributed by atoms with Crippen LogP contribution in [0.2, 0.25) is 0 Å². The van der Waals surface area contributed by atoms with Crippen molar-refractivity contribution in [3.8, 4) is 0 Å². The maximum Gasteiger partial charge on any atom is 0.308 e. The minimum absolute atomic E-state index is 0.0186. The third-order valence-electron chi connectivity index (χ3n) is 2.44. The molecule has 0 saturated heterocycles. The molecule has 2 aromatic rings. The van der Waals surface area contributed by atoms with E-state index in [-0.39, 0.29) is 12.1 Å². The van der Waals surface area contributed by atoms with E-state index >= 15 is 0 Å². The first-order valence-electron chi connectivity index (χ1n) is 5.56. The van der Waals surface area contributed by atoms with Crippen molar-refractivity contribution in [1.82, 2.24) is 4.98 Å². The van der Waals surface area contributed by atoms with Gasteiger partial charge in [0.05, 0.1) is 21.9 Å². The summed E-state index contributed by atoms with van der Waals surface area (Å²) < 4.78 is 0.605. The monoisotopic (exact) mass is 310 g/mol. The van der Waals surface area contributed by atoms with Crippen LogP contribution in [0.3, 0.4) is 0 Å². The fraction of sp³-hybridized carbons (Fsp3) is 0.167. The SMILES string of the molecule is Cc1nc(Sc2ccccc2[N+](=O)[O-])sc1CC(=O)O. The average Bonchev–Trinajstić information content (AvgIpc) is 2.69. The van der Waals surface area contributed by atoms with Crippen molar-refractivity contribution in [3.05, 3.63) is 45.0 Å². The number of nitro benzene ring substituents is 1. The summed E-state index contributed by atoms with van der Waals surface area (Å²) in [5.41, 5.74) is 0.670. The predicted octanol–water partition coefficient (Wildman–Crippen LogP) is 3.14. The summed E-state index contributed by atoms with van der Waals surface area (Å²) in [6, 6.07) is 6.40. The van der Waals surface area contributed by atoms with Crippen molar-refractivity contribution in [2.45, 2.75) is 22.6 Å². The first-order chi connectivity index (χ1) is 9.47. The third-order valence-corrected chi connectivity index (χ3v) is 4.73. The number of carboxylic acid groups (broad SMARTS) is 1. The number of rotatable bonds is 5. The van der Waals surface area contributed by atoms with E-state index in [1.54, 1.807) is 25.1 Å². The number of hydrogen-bond donors (Lipinski definition) is 1. The van der Waals surface area contributed by atoms with Gasteiger partial charge in [-0.1, -0.05) is 23.9 Å². The number of benzene rings is 1. The molecule has 1 aromatic heterocycles. The van der Waals surface area contributed by atoms with Gasteiger partial charge in [0.2, 0.25) is 0 Å². The van der Waals surface area contributed by atoms with E-state index < -0.39 is 10.9 Å². The Balaban J connectivity index is 2.27. The number of nitro groups is 1. The number of carbonyl (C=O) groups is 1. The average molecular weight is 310 g/mol. The molecule has 0 unspecified atom stereocenters. The van der Waals surface area contributed by atoms with Crippen molar-refractivity contribution >= 4 is 34.8 Å². The van der Waals surface area contributed by atoms with Crippen molar-refractivity contribution < 1.29 is 14.8 Å². The number of hydrogen-bond acceptors (Lipinski definition) is 6. The molecule has 0 atom stereocenters. The molecular weight excluding hydrogens is 300 g/mol. The van der Waals surface area contributed by atoms with Crippen LogP contribution in [0.4, 0.5) is 5.69 Å². The minimum atomic E-state index is -0.918. The standard InChI is InChI=1S/C12H10N2O4S2/c1-7-10(6-11(15)16)20-12(13-7)19-9-5-3-2-4-8(9)14(17)18/h2-5H,6H2,1H3,(H,15,16). The summed E-state index contributed by atoms with van der Waals surface area (Å²) in [7, 11) is 0. The van der Waals surface area contributed by atoms with Crippen LogP contribution in [0, 0.1) is 17.0 Å². The second-order valence-corrected chi connectivity index (χ2v) is 6.26. The first-order valence-corrected chi connectivity index (χ1v) is 7.20. The Morgan fingerprint density at radius 1 is 1.50 bits per heavy atom. The molecule has 0 saturated carbocycles. The fourth-order valence-corrected chi connectivity index (χ4v) is 3.82. The van der Waals surface area contributed by atoms with Gasteiger partial charge in [0, 0.05) is 10.9 Å². The molecule has 0 radical (unpaired) electrons. The number of aryl methyl sites for hydroxylation is 1. The van der Waals surface area contributed by atoms with E-state index in [0.29, 0.717) is 19.8 Å². The molecule has 6 nitrogen and oxygen atoms in total. The summed E-state index contributed by atoms with van der Waals surface area (Å²) in [5, 5.41) is 19.7. The Kier molecular flexibility index (Phi) is 4.35. The van der Waals surface area contributed by atoms with Gasteiger partial charge in [-0.2, -0.15) is 0 Å². The zero-order valence-corrected chi connectivity index (χ0v) is 12.0. The lowest BCUT2D eigenvalue weighted by Gasteiger charge is -1.98. The van der Waals surface area contributed by atoms with E-state index in [0.717, 1.165) is 0 Å². The largest absolute Gasteiger partial charge is 0.481 e. The van der Waals surface area contributed by atoms with Crippen molar-refractivity contribution in [1.29, 1.82) is 0 Å². The second kappa shape index (κ2) is 6.02. The molecule has 0 aliphatic heterocycles. The van der Waals surface area contributed by atoms with Gasteiger partial charge >= 0.3 is 5.97 Å². The van der Waals surface area contributed by atoms with Crippen LogP contribution >= 0.6 is 23.1 Å². The first kappa shape index (κ1) is 14.5. The Hall–Kier alpha value is -1.93. The number of para-hydroxylation sites is 1. The van der Waals surface area contributed by atoms with Gasteiger partial charge in [-0.25, -0.2) is 4.98 Å². The summed E-state index contributed by atoms with van der Waals surface area (Å²) in [5.74, 6) is -0.918. The molecule has 0 bridgehead atoms. The van der Waals surface area contributed by atoms with Gasteiger partial charge < -0.3 is 5.11 Å². The smallest absolute Gasteiger partial charge is 0.308 e. The van der Waals surface area contributed by atoms with Gasteiger partial charge in [0.1, 0.15) is 0 Å². The van der Waals surface area contributed by atoms with Gasteiger partial charge in [-0.05, 0) is 13.0 Å². The van der Waals surface area contributed by atoms with Crippen LogP contribution in [0.5, 0.6) is 0 Å². The molecule has 0 amide bonds. The summed E-state index contributed by atoms with van der Waals surface area (Å²) in [4.78, 5) is 26.6. The quantitative estimate of drug-likeness (QED) is 0.673. The van der Waals surface area contributed by atoms with E-state index in [2.05, 4.69) is 4.98 Å². The molecule has 1 heterocycles. The minimum Gasteiger partial charge on any atom is -0.481 e. The molecule has 0 aliphatic rings. The van der Waals surface area contributed by atoms with E-state index in [1.807, 2.05) is 0 Å². The van der Waals surface area contributed by atoms with Crippen molar-refractivity contribution in [2.75, 3.05) is 0 Å². The summed E-state index contributed by atoms with van der Waals surface area (Å²) in [6.07, 6.45) is -0.0824. The van der Waals surface area contributed by atoms with Crippen LogP contribution < -0.4 is 0 Å². The fourth-order valence-electron chi connectivity index (χ4n) is 1.53. The lowest BCUT2D eigenvalue weighted by atomic mass is 10.3. The zero-order valence-electron chi connectivity index (χ0n) is 10.4. The lowest BCUT2D eigenvalue weighted by molar-refractivity contribution is -0.387. The molecule has 0 aliphatic carbocycles. The van der Waals surface area contributed by atoms with Crippen molar-refractivity contribution in [3.63, 3.8) is 0 Å². The highest BCUT2D eigenvalue weighted by Crippen LogP contribution is 2.37. The summed E-state index contributed by atoms with van der Waals surface area (Å²) in [6.45, 7) is 1.73. The highest BCUT2D eigenvalue weighted by Gasteiger charge is 2.17. The lowest BCUT2D eigenvalue weighted by Crippen LogP contribution is -1.99. The van der Waals surface area contributed by atoms with E-state index in [1.165, 1.54) is 29.2 Å². The number of nitrogens with zero attached hydrogens (tertiary/aromatic N) is 2. The molecule has 20 heavy (non-hydrogen) atoms. The molecule has 1 aromatic carbocycles. The molecule has 8 heteroatoms. The molecule has 104 valence electrons. The molecule has 2 rings (SSSR count). The maximum absolute atomic E-state index is 10.9. The van der Waals surface area contributed by atoms with Crippen LogP contribution in [0.25, 0.3) is 0 Å². The van der Waals surface area contributed by atoms with Crippen LogP contribution in [0.1, 0.15) is 10.6 Å². The third kappa shape index (κ3) is 3.34. The van der Waals surface area contributed by atoms with Crippen LogP contribution in [-0.4, -0.2) is 21.0 Å². The molecule has 1 N–H and O–H groups in total. The molecule has 0 spiro atoms. The number of aromatic nitrogens is 1. The van der Waals surface area contributed by atoms with Crippen molar-refractivity contribution in [2.24, 2.45) is 0 Å². The normalized spacial score (nSPS) is 10.4. The predicted molar refractivity (Wildman–Crippen MR) is 75.4 cm³/mol. The zero-order chi connectivity index (χ0) is 14.7. The maximum atomic E-state index is 10.9. The van der Waals surface area contributed by atoms with Gasteiger partial charge in [-0.3, -0.25) is 14.9 Å². The molecular formula is C12H10N2O4S2.